The number of nitrogens with zero attached hydrogens (tertiary/aromatic N) is 2. The number of nitrogens with two attached hydrogens (primary N) is 1. The second-order valence-electron chi connectivity index (χ2n) is 4.87. The number of likely N-dealkylation sites (tertiary alicyclic amines) is 1. The smallest absolute Gasteiger partial charge is 0.239 e. The van der Waals surface area contributed by atoms with Gasteiger partial charge >= 0.3 is 0 Å². The van der Waals surface area contributed by atoms with E-state index in [1.165, 1.54) is 5.56 Å². The van der Waals surface area contributed by atoms with E-state index in [-0.39, 0.29) is 18.0 Å². The number of hydrogen-bond donors (Lipinski definition) is 1. The number of aromatic nitrogens is 1. The average Bonchev–Trinajstić information content (AvgIpc) is 2.88. The minimum absolute atomic E-state index is 0.0937. The summed E-state index contributed by atoms with van der Waals surface area (Å²) in [4.78, 5) is 18.3. The fourth-order valence-corrected chi connectivity index (χ4v) is 2.61. The molecular formula is C14H21N3O. The Morgan fingerprint density at radius 1 is 1.56 bits per heavy atom. The predicted octanol–water partition coefficient (Wildman–Crippen LogP) is 1.87. The van der Waals surface area contributed by atoms with Crippen molar-refractivity contribution in [2.45, 2.75) is 44.7 Å². The summed E-state index contributed by atoms with van der Waals surface area (Å²) in [6, 6.07) is 3.81. The second-order valence-corrected chi connectivity index (χ2v) is 4.87. The highest BCUT2D eigenvalue weighted by Gasteiger charge is 2.32. The lowest BCUT2D eigenvalue weighted by Crippen LogP contribution is -2.43. The molecule has 98 valence electrons. The van der Waals surface area contributed by atoms with Crippen LogP contribution in [0.3, 0.4) is 0 Å². The zero-order valence-corrected chi connectivity index (χ0v) is 10.9. The molecule has 2 rings (SSSR count). The summed E-state index contributed by atoms with van der Waals surface area (Å²) in [6.07, 6.45) is 7.34. The Labute approximate surface area is 108 Å². The Hall–Kier alpha value is -1.42. The van der Waals surface area contributed by atoms with Crippen LogP contribution in [0, 0.1) is 0 Å². The Morgan fingerprint density at radius 3 is 2.94 bits per heavy atom. The number of pyridine rings is 1. The van der Waals surface area contributed by atoms with Crippen LogP contribution in [0.15, 0.2) is 24.5 Å². The predicted molar refractivity (Wildman–Crippen MR) is 70.8 cm³/mol. The Kier molecular flexibility index (Phi) is 4.31. The van der Waals surface area contributed by atoms with Crippen molar-refractivity contribution >= 4 is 5.91 Å². The van der Waals surface area contributed by atoms with Crippen molar-refractivity contribution in [1.82, 2.24) is 9.88 Å². The second kappa shape index (κ2) is 5.96. The molecule has 18 heavy (non-hydrogen) atoms. The van der Waals surface area contributed by atoms with Crippen LogP contribution < -0.4 is 5.73 Å². The molecule has 1 unspecified atom stereocenters. The van der Waals surface area contributed by atoms with Gasteiger partial charge in [-0.3, -0.25) is 9.78 Å². The van der Waals surface area contributed by atoms with E-state index in [1.54, 1.807) is 12.4 Å². The lowest BCUT2D eigenvalue weighted by atomic mass is 10.0. The van der Waals surface area contributed by atoms with Crippen LogP contribution in [-0.2, 0) is 4.79 Å². The minimum Gasteiger partial charge on any atom is -0.334 e. The van der Waals surface area contributed by atoms with E-state index in [1.807, 2.05) is 17.0 Å². The molecule has 0 radical (unpaired) electrons. The first-order valence-corrected chi connectivity index (χ1v) is 6.70. The van der Waals surface area contributed by atoms with Gasteiger partial charge in [-0.2, -0.15) is 0 Å². The topological polar surface area (TPSA) is 59.2 Å². The molecular weight excluding hydrogens is 226 g/mol. The molecule has 1 aliphatic heterocycles. The molecule has 0 aromatic carbocycles. The van der Waals surface area contributed by atoms with Gasteiger partial charge in [0.1, 0.15) is 0 Å². The third-order valence-electron chi connectivity index (χ3n) is 3.54. The lowest BCUT2D eigenvalue weighted by molar-refractivity contribution is -0.133. The number of carbonyl (C=O) groups excluding carboxylic acids is 1. The SMILES string of the molecule is CCC[C@H](N)C(=O)N1CCCC1c1ccncc1. The van der Waals surface area contributed by atoms with E-state index >= 15 is 0 Å². The van der Waals surface area contributed by atoms with E-state index in [0.717, 1.165) is 32.2 Å². The van der Waals surface area contributed by atoms with Gasteiger partial charge in [-0.05, 0) is 37.0 Å². The van der Waals surface area contributed by atoms with Crippen molar-refractivity contribution < 1.29 is 4.79 Å². The van der Waals surface area contributed by atoms with E-state index in [2.05, 4.69) is 11.9 Å². The molecule has 0 aliphatic carbocycles. The molecule has 1 aliphatic rings. The van der Waals surface area contributed by atoms with Gasteiger partial charge in [-0.15, -0.1) is 0 Å². The van der Waals surface area contributed by atoms with Gasteiger partial charge in [0, 0.05) is 18.9 Å². The van der Waals surface area contributed by atoms with Crippen LogP contribution in [0.1, 0.15) is 44.2 Å². The monoisotopic (exact) mass is 247 g/mol. The molecule has 2 atom stereocenters. The third kappa shape index (κ3) is 2.70. The maximum atomic E-state index is 12.3. The molecule has 4 nitrogen and oxygen atoms in total. The molecule has 2 N–H and O–H groups in total. The van der Waals surface area contributed by atoms with Crippen molar-refractivity contribution in [3.63, 3.8) is 0 Å². The van der Waals surface area contributed by atoms with Crippen molar-refractivity contribution in [3.8, 4) is 0 Å². The van der Waals surface area contributed by atoms with Crippen LogP contribution in [0.25, 0.3) is 0 Å². The largest absolute Gasteiger partial charge is 0.334 e. The standard InChI is InChI=1S/C14H21N3O/c1-2-4-12(15)14(18)17-10-3-5-13(17)11-6-8-16-9-7-11/h6-9,12-13H,2-5,10,15H2,1H3/t12-,13?/m0/s1. The first kappa shape index (κ1) is 13.0. The van der Waals surface area contributed by atoms with Crippen LogP contribution in [0.2, 0.25) is 0 Å². The molecule has 2 heterocycles. The molecule has 4 heteroatoms. The summed E-state index contributed by atoms with van der Waals surface area (Å²) in [6.45, 7) is 2.88. The summed E-state index contributed by atoms with van der Waals surface area (Å²) in [5, 5.41) is 0. The molecule has 0 bridgehead atoms. The highest BCUT2D eigenvalue weighted by molar-refractivity contribution is 5.82. The number of amides is 1. The minimum atomic E-state index is -0.350. The first-order chi connectivity index (χ1) is 8.74. The maximum absolute atomic E-state index is 12.3. The van der Waals surface area contributed by atoms with Gasteiger partial charge in [-0.25, -0.2) is 0 Å². The van der Waals surface area contributed by atoms with Crippen LogP contribution in [-0.4, -0.2) is 28.4 Å². The molecule has 1 fully saturated rings. The van der Waals surface area contributed by atoms with Crippen molar-refractivity contribution in [2.75, 3.05) is 6.54 Å². The average molecular weight is 247 g/mol. The Bertz CT molecular complexity index is 393. The highest BCUT2D eigenvalue weighted by Crippen LogP contribution is 2.32. The van der Waals surface area contributed by atoms with E-state index < -0.39 is 0 Å². The lowest BCUT2D eigenvalue weighted by Gasteiger charge is -2.27. The first-order valence-electron chi connectivity index (χ1n) is 6.70. The molecule has 1 amide bonds. The molecule has 1 aromatic heterocycles. The summed E-state index contributed by atoms with van der Waals surface area (Å²) in [5.41, 5.74) is 7.11. The third-order valence-corrected chi connectivity index (χ3v) is 3.54. The van der Waals surface area contributed by atoms with E-state index in [0.29, 0.717) is 0 Å². The molecule has 0 saturated carbocycles. The highest BCUT2D eigenvalue weighted by atomic mass is 16.2. The van der Waals surface area contributed by atoms with Gasteiger partial charge in [0.2, 0.25) is 5.91 Å². The van der Waals surface area contributed by atoms with Crippen LogP contribution >= 0.6 is 0 Å². The van der Waals surface area contributed by atoms with Gasteiger partial charge in [-0.1, -0.05) is 13.3 Å². The zero-order chi connectivity index (χ0) is 13.0. The summed E-state index contributed by atoms with van der Waals surface area (Å²) in [5.74, 6) is 0.0937. The van der Waals surface area contributed by atoms with Crippen molar-refractivity contribution in [3.05, 3.63) is 30.1 Å². The number of carbonyl (C=O) groups is 1. The fraction of sp³-hybridized carbons (Fsp3) is 0.571. The van der Waals surface area contributed by atoms with E-state index in [9.17, 15) is 4.79 Å². The fourth-order valence-electron chi connectivity index (χ4n) is 2.61. The number of rotatable bonds is 4. The number of hydrogen-bond acceptors (Lipinski definition) is 3. The van der Waals surface area contributed by atoms with E-state index in [4.69, 9.17) is 5.73 Å². The summed E-state index contributed by atoms with van der Waals surface area (Å²) < 4.78 is 0. The summed E-state index contributed by atoms with van der Waals surface area (Å²) >= 11 is 0. The Morgan fingerprint density at radius 2 is 2.28 bits per heavy atom. The van der Waals surface area contributed by atoms with Gasteiger partial charge in [0.15, 0.2) is 0 Å². The van der Waals surface area contributed by atoms with Gasteiger partial charge in [0.25, 0.3) is 0 Å². The maximum Gasteiger partial charge on any atom is 0.239 e. The van der Waals surface area contributed by atoms with Crippen LogP contribution in [0.5, 0.6) is 0 Å². The van der Waals surface area contributed by atoms with Gasteiger partial charge < -0.3 is 10.6 Å². The molecule has 0 spiro atoms. The zero-order valence-electron chi connectivity index (χ0n) is 10.9. The molecule has 1 aromatic rings. The summed E-state index contributed by atoms with van der Waals surface area (Å²) in [7, 11) is 0. The van der Waals surface area contributed by atoms with Gasteiger partial charge in [0.05, 0.1) is 12.1 Å². The Balaban J connectivity index is 2.10. The molecule has 1 saturated heterocycles. The quantitative estimate of drug-likeness (QED) is 0.883. The normalized spacial score (nSPS) is 21.0. The van der Waals surface area contributed by atoms with Crippen molar-refractivity contribution in [1.29, 1.82) is 0 Å². The van der Waals surface area contributed by atoms with Crippen LogP contribution in [0.4, 0.5) is 0 Å². The van der Waals surface area contributed by atoms with Crippen molar-refractivity contribution in [2.24, 2.45) is 5.73 Å².